The molecule has 0 spiro atoms. The van der Waals surface area contributed by atoms with Gasteiger partial charge in [-0.05, 0) is 55.3 Å². The van der Waals surface area contributed by atoms with E-state index in [-0.39, 0.29) is 11.5 Å². The Bertz CT molecular complexity index is 1350. The fourth-order valence-corrected chi connectivity index (χ4v) is 4.68. The van der Waals surface area contributed by atoms with E-state index >= 15 is 0 Å². The van der Waals surface area contributed by atoms with Crippen molar-refractivity contribution in [1.82, 2.24) is 14.6 Å². The zero-order valence-electron chi connectivity index (χ0n) is 17.0. The Morgan fingerprint density at radius 3 is 2.52 bits per heavy atom. The van der Waals surface area contributed by atoms with Gasteiger partial charge < -0.3 is 9.88 Å². The second kappa shape index (κ2) is 8.02. The molecule has 1 aliphatic heterocycles. The molecule has 8 heteroatoms. The van der Waals surface area contributed by atoms with Crippen LogP contribution in [-0.4, -0.2) is 40.9 Å². The molecule has 2 aromatic carbocycles. The second-order valence-corrected chi connectivity index (χ2v) is 8.68. The van der Waals surface area contributed by atoms with E-state index in [4.69, 9.17) is 28.3 Å². The zero-order chi connectivity index (χ0) is 21.5. The summed E-state index contributed by atoms with van der Waals surface area (Å²) >= 11 is 12.1. The first-order valence-electron chi connectivity index (χ1n) is 10.2. The molecule has 0 atom stereocenters. The van der Waals surface area contributed by atoms with Crippen LogP contribution in [0.3, 0.4) is 0 Å². The molecule has 6 nitrogen and oxygen atoms in total. The molecule has 0 amide bonds. The maximum atomic E-state index is 13.1. The monoisotopic (exact) mass is 453 g/mol. The number of aromatic nitrogens is 3. The van der Waals surface area contributed by atoms with Gasteiger partial charge in [-0.25, -0.2) is 0 Å². The Kier molecular flexibility index (Phi) is 5.20. The first-order chi connectivity index (χ1) is 15.0. The quantitative estimate of drug-likeness (QED) is 0.447. The Hall–Kier alpha value is -2.83. The van der Waals surface area contributed by atoms with E-state index < -0.39 is 0 Å². The van der Waals surface area contributed by atoms with Crippen molar-refractivity contribution < 1.29 is 0 Å². The SMILES string of the molecule is C/N=C/c1c(C2CCN(c3ccc(Cl)cc3)CC2)nn2c(=O)c3cc(Cl)ccc3[nH]c12. The highest BCUT2D eigenvalue weighted by molar-refractivity contribution is 6.31. The third-order valence-corrected chi connectivity index (χ3v) is 6.43. The Morgan fingerprint density at radius 2 is 1.81 bits per heavy atom. The van der Waals surface area contributed by atoms with Crippen LogP contribution in [0.4, 0.5) is 5.69 Å². The number of hydrogen-bond donors (Lipinski definition) is 1. The van der Waals surface area contributed by atoms with Crippen molar-refractivity contribution in [3.63, 3.8) is 0 Å². The Morgan fingerprint density at radius 1 is 1.10 bits per heavy atom. The lowest BCUT2D eigenvalue weighted by Crippen LogP contribution is -2.33. The third kappa shape index (κ3) is 3.60. The summed E-state index contributed by atoms with van der Waals surface area (Å²) in [6.45, 7) is 1.82. The molecule has 4 aromatic rings. The summed E-state index contributed by atoms with van der Waals surface area (Å²) in [6.07, 6.45) is 3.67. The molecule has 1 fully saturated rings. The van der Waals surface area contributed by atoms with Crippen molar-refractivity contribution in [2.45, 2.75) is 18.8 Å². The number of H-pyrrole nitrogens is 1. The van der Waals surface area contributed by atoms with Crippen LogP contribution in [0, 0.1) is 0 Å². The summed E-state index contributed by atoms with van der Waals surface area (Å²) in [7, 11) is 1.73. The highest BCUT2D eigenvalue weighted by Crippen LogP contribution is 2.32. The maximum absolute atomic E-state index is 13.1. The summed E-state index contributed by atoms with van der Waals surface area (Å²) < 4.78 is 1.45. The number of nitrogens with zero attached hydrogens (tertiary/aromatic N) is 4. The molecule has 2 aromatic heterocycles. The predicted molar refractivity (Wildman–Crippen MR) is 127 cm³/mol. The number of aliphatic imine (C=N–C) groups is 1. The lowest BCUT2D eigenvalue weighted by molar-refractivity contribution is 0.493. The molecule has 0 unspecified atom stereocenters. The summed E-state index contributed by atoms with van der Waals surface area (Å²) in [5.41, 5.74) is 4.18. The van der Waals surface area contributed by atoms with E-state index in [9.17, 15) is 4.79 Å². The molecule has 3 heterocycles. The van der Waals surface area contributed by atoms with Crippen LogP contribution in [-0.2, 0) is 0 Å². The van der Waals surface area contributed by atoms with Gasteiger partial charge in [0.15, 0.2) is 0 Å². The van der Waals surface area contributed by atoms with Crippen molar-refractivity contribution in [2.75, 3.05) is 25.0 Å². The van der Waals surface area contributed by atoms with Crippen molar-refractivity contribution >= 4 is 51.7 Å². The molecule has 0 saturated carbocycles. The van der Waals surface area contributed by atoms with Gasteiger partial charge in [0, 0.05) is 48.0 Å². The summed E-state index contributed by atoms with van der Waals surface area (Å²) in [5.74, 6) is 0.246. The lowest BCUT2D eigenvalue weighted by atomic mass is 9.91. The maximum Gasteiger partial charge on any atom is 0.282 e. The highest BCUT2D eigenvalue weighted by Gasteiger charge is 2.27. The Balaban J connectivity index is 1.53. The van der Waals surface area contributed by atoms with E-state index in [0.29, 0.717) is 16.1 Å². The molecule has 31 heavy (non-hydrogen) atoms. The largest absolute Gasteiger partial charge is 0.371 e. The first-order valence-corrected chi connectivity index (χ1v) is 11.0. The fourth-order valence-electron chi connectivity index (χ4n) is 4.38. The average molecular weight is 454 g/mol. The van der Waals surface area contributed by atoms with Crippen LogP contribution >= 0.6 is 23.2 Å². The van der Waals surface area contributed by atoms with Gasteiger partial charge in [-0.15, -0.1) is 0 Å². The van der Waals surface area contributed by atoms with Crippen molar-refractivity contribution in [1.29, 1.82) is 0 Å². The minimum atomic E-state index is -0.179. The van der Waals surface area contributed by atoms with Crippen LogP contribution < -0.4 is 10.5 Å². The summed E-state index contributed by atoms with van der Waals surface area (Å²) in [4.78, 5) is 23.1. The zero-order valence-corrected chi connectivity index (χ0v) is 18.5. The highest BCUT2D eigenvalue weighted by atomic mass is 35.5. The number of aromatic amines is 1. The summed E-state index contributed by atoms with van der Waals surface area (Å²) in [5, 5.41) is 6.53. The minimum Gasteiger partial charge on any atom is -0.371 e. The molecule has 0 bridgehead atoms. The number of halogens is 2. The van der Waals surface area contributed by atoms with E-state index in [1.807, 2.05) is 18.2 Å². The molecule has 158 valence electrons. The standard InChI is InChI=1S/C23H21Cl2N5O/c1-26-13-19-21(14-8-10-29(11-9-14)17-5-2-15(24)3-6-17)28-30-22(19)27-20-7-4-16(25)12-18(20)23(30)31/h2-7,12-14,27H,8-11H2,1H3/b26-13+. The smallest absolute Gasteiger partial charge is 0.282 e. The molecule has 0 aliphatic carbocycles. The van der Waals surface area contributed by atoms with Crippen LogP contribution in [0.1, 0.15) is 30.0 Å². The number of rotatable bonds is 3. The van der Waals surface area contributed by atoms with Gasteiger partial charge in [-0.1, -0.05) is 23.2 Å². The van der Waals surface area contributed by atoms with Crippen LogP contribution in [0.15, 0.2) is 52.3 Å². The van der Waals surface area contributed by atoms with Crippen molar-refractivity contribution in [2.24, 2.45) is 4.99 Å². The normalized spacial score (nSPS) is 15.5. The van der Waals surface area contributed by atoms with Gasteiger partial charge in [-0.2, -0.15) is 9.61 Å². The van der Waals surface area contributed by atoms with Gasteiger partial charge in [0.25, 0.3) is 5.56 Å². The van der Waals surface area contributed by atoms with Crippen molar-refractivity contribution in [3.8, 4) is 0 Å². The van der Waals surface area contributed by atoms with E-state index in [2.05, 4.69) is 27.0 Å². The number of piperidine rings is 1. The van der Waals surface area contributed by atoms with E-state index in [0.717, 1.165) is 47.7 Å². The number of hydrogen-bond acceptors (Lipinski definition) is 4. The van der Waals surface area contributed by atoms with Crippen LogP contribution in [0.25, 0.3) is 16.6 Å². The molecular formula is C23H21Cl2N5O. The molecule has 5 rings (SSSR count). The number of fused-ring (bicyclic) bond motifs is 2. The first kappa shape index (κ1) is 20.1. The molecule has 1 aliphatic rings. The molecule has 0 radical (unpaired) electrons. The van der Waals surface area contributed by atoms with Gasteiger partial charge in [-0.3, -0.25) is 9.79 Å². The van der Waals surface area contributed by atoms with E-state index in [1.165, 1.54) is 10.2 Å². The molecule has 1 N–H and O–H groups in total. The second-order valence-electron chi connectivity index (χ2n) is 7.80. The van der Waals surface area contributed by atoms with Gasteiger partial charge in [0.1, 0.15) is 5.65 Å². The number of anilines is 1. The topological polar surface area (TPSA) is 65.8 Å². The summed E-state index contributed by atoms with van der Waals surface area (Å²) in [6, 6.07) is 13.2. The van der Waals surface area contributed by atoms with E-state index in [1.54, 1.807) is 25.4 Å². The van der Waals surface area contributed by atoms with Crippen molar-refractivity contribution in [3.05, 3.63) is 74.1 Å². The number of benzene rings is 2. The van der Waals surface area contributed by atoms with Gasteiger partial charge in [0.05, 0.1) is 22.2 Å². The molecule has 1 saturated heterocycles. The lowest BCUT2D eigenvalue weighted by Gasteiger charge is -2.33. The van der Waals surface area contributed by atoms with Gasteiger partial charge in [0.2, 0.25) is 0 Å². The van der Waals surface area contributed by atoms with Crippen LogP contribution in [0.2, 0.25) is 10.0 Å². The third-order valence-electron chi connectivity index (χ3n) is 5.94. The predicted octanol–water partition coefficient (Wildman–Crippen LogP) is 4.92. The van der Waals surface area contributed by atoms with Crippen LogP contribution in [0.5, 0.6) is 0 Å². The Labute approximate surface area is 189 Å². The minimum absolute atomic E-state index is 0.179. The average Bonchev–Trinajstić information content (AvgIpc) is 3.14. The fraction of sp³-hybridized carbons (Fsp3) is 0.261. The molecular weight excluding hydrogens is 433 g/mol. The number of nitrogens with one attached hydrogen (secondary N) is 1. The van der Waals surface area contributed by atoms with Gasteiger partial charge >= 0.3 is 0 Å².